The lowest BCUT2D eigenvalue weighted by Crippen LogP contribution is -2.49. The first-order valence-electron chi connectivity index (χ1n) is 7.83. The Labute approximate surface area is 126 Å². The highest BCUT2D eigenvalue weighted by Crippen LogP contribution is 2.19. The Bertz CT molecular complexity index is 413. The molecule has 2 rings (SSSR count). The summed E-state index contributed by atoms with van der Waals surface area (Å²) in [5.74, 6) is 0.228. The maximum Gasteiger partial charge on any atom is 0.224 e. The lowest BCUT2D eigenvalue weighted by atomic mass is 10.1. The van der Waals surface area contributed by atoms with Gasteiger partial charge in [-0.15, -0.1) is 0 Å². The average molecular weight is 294 g/mol. The molecule has 1 N–H and O–H groups in total. The Hall–Kier alpha value is -1.40. The highest BCUT2D eigenvalue weighted by Gasteiger charge is 2.23. The van der Waals surface area contributed by atoms with Crippen molar-refractivity contribution in [3.05, 3.63) is 18.7 Å². The van der Waals surface area contributed by atoms with Crippen molar-refractivity contribution in [3.63, 3.8) is 0 Å². The quantitative estimate of drug-likeness (QED) is 0.806. The molecule has 0 bridgehead atoms. The SMILES string of the molecule is CCCC(CC(=O)N1CCN(CCO)CC1)n1ccnc1. The number of nitrogens with zero attached hydrogens (tertiary/aromatic N) is 4. The average Bonchev–Trinajstić information content (AvgIpc) is 3.02. The number of β-amino-alcohol motifs (C(OH)–C–C–N with tert-alkyl or cyclic N) is 1. The van der Waals surface area contributed by atoms with Gasteiger partial charge in [0.15, 0.2) is 0 Å². The number of imidazole rings is 1. The molecule has 6 nitrogen and oxygen atoms in total. The minimum atomic E-state index is 0.188. The van der Waals surface area contributed by atoms with Gasteiger partial charge in [0.25, 0.3) is 0 Å². The van der Waals surface area contributed by atoms with Crippen LogP contribution in [-0.2, 0) is 4.79 Å². The number of piperazine rings is 1. The van der Waals surface area contributed by atoms with Gasteiger partial charge in [0.05, 0.1) is 12.9 Å². The van der Waals surface area contributed by atoms with Crippen molar-refractivity contribution in [2.45, 2.75) is 32.2 Å². The summed E-state index contributed by atoms with van der Waals surface area (Å²) < 4.78 is 2.05. The van der Waals surface area contributed by atoms with E-state index < -0.39 is 0 Å². The van der Waals surface area contributed by atoms with Crippen molar-refractivity contribution in [1.29, 1.82) is 0 Å². The molecule has 1 aromatic rings. The summed E-state index contributed by atoms with van der Waals surface area (Å²) in [5.41, 5.74) is 0. The molecular formula is C15H26N4O2. The summed E-state index contributed by atoms with van der Waals surface area (Å²) in [4.78, 5) is 20.7. The molecule has 0 saturated carbocycles. The topological polar surface area (TPSA) is 61.6 Å². The molecule has 1 amide bonds. The normalized spacial score (nSPS) is 17.9. The Morgan fingerprint density at radius 3 is 2.67 bits per heavy atom. The van der Waals surface area contributed by atoms with E-state index in [9.17, 15) is 4.79 Å². The van der Waals surface area contributed by atoms with E-state index in [1.807, 2.05) is 15.7 Å². The largest absolute Gasteiger partial charge is 0.395 e. The summed E-state index contributed by atoms with van der Waals surface area (Å²) in [6.07, 6.45) is 8.09. The Morgan fingerprint density at radius 2 is 2.10 bits per heavy atom. The number of carbonyl (C=O) groups excluding carboxylic acids is 1. The van der Waals surface area contributed by atoms with E-state index in [4.69, 9.17) is 5.11 Å². The van der Waals surface area contributed by atoms with Gasteiger partial charge in [0.2, 0.25) is 5.91 Å². The second kappa shape index (κ2) is 8.14. The molecule has 1 unspecified atom stereocenters. The summed E-state index contributed by atoms with van der Waals surface area (Å²) in [6, 6.07) is 0.209. The van der Waals surface area contributed by atoms with E-state index in [1.54, 1.807) is 12.5 Å². The number of rotatable bonds is 7. The zero-order valence-electron chi connectivity index (χ0n) is 12.8. The van der Waals surface area contributed by atoms with Gasteiger partial charge in [-0.1, -0.05) is 13.3 Å². The van der Waals surface area contributed by atoms with Crippen molar-refractivity contribution >= 4 is 5.91 Å². The van der Waals surface area contributed by atoms with Gasteiger partial charge in [0.1, 0.15) is 0 Å². The molecule has 2 heterocycles. The van der Waals surface area contributed by atoms with Gasteiger partial charge in [0, 0.05) is 57.6 Å². The van der Waals surface area contributed by atoms with Gasteiger partial charge in [-0.2, -0.15) is 0 Å². The number of aromatic nitrogens is 2. The smallest absolute Gasteiger partial charge is 0.224 e. The van der Waals surface area contributed by atoms with E-state index in [0.29, 0.717) is 13.0 Å². The van der Waals surface area contributed by atoms with E-state index in [1.165, 1.54) is 0 Å². The number of amides is 1. The molecule has 1 aliphatic rings. The molecule has 0 spiro atoms. The van der Waals surface area contributed by atoms with E-state index in [2.05, 4.69) is 16.8 Å². The van der Waals surface area contributed by atoms with Crippen molar-refractivity contribution in [2.75, 3.05) is 39.3 Å². The molecule has 0 aliphatic carbocycles. The summed E-state index contributed by atoms with van der Waals surface area (Å²) in [6.45, 7) is 6.28. The molecule has 1 fully saturated rings. The highest BCUT2D eigenvalue weighted by molar-refractivity contribution is 5.76. The van der Waals surface area contributed by atoms with Gasteiger partial charge in [-0.05, 0) is 6.42 Å². The van der Waals surface area contributed by atoms with Crippen LogP contribution in [0.25, 0.3) is 0 Å². The molecule has 118 valence electrons. The molecule has 21 heavy (non-hydrogen) atoms. The molecule has 1 saturated heterocycles. The second-order valence-corrected chi connectivity index (χ2v) is 5.60. The fourth-order valence-corrected chi connectivity index (χ4v) is 2.87. The Kier molecular flexibility index (Phi) is 6.20. The zero-order chi connectivity index (χ0) is 15.1. The van der Waals surface area contributed by atoms with Crippen LogP contribution in [0.3, 0.4) is 0 Å². The maximum atomic E-state index is 12.5. The number of hydrogen-bond acceptors (Lipinski definition) is 4. The van der Waals surface area contributed by atoms with Crippen LogP contribution in [0.15, 0.2) is 18.7 Å². The highest BCUT2D eigenvalue weighted by atomic mass is 16.3. The van der Waals surface area contributed by atoms with Crippen molar-refractivity contribution in [3.8, 4) is 0 Å². The molecule has 1 atom stereocenters. The Balaban J connectivity index is 1.85. The van der Waals surface area contributed by atoms with Crippen molar-refractivity contribution < 1.29 is 9.90 Å². The molecule has 1 aromatic heterocycles. The first-order valence-corrected chi connectivity index (χ1v) is 7.83. The standard InChI is InChI=1S/C15H26N4O2/c1-2-3-14(19-5-4-16-13-19)12-15(21)18-8-6-17(7-9-18)10-11-20/h4-5,13-14,20H,2-3,6-12H2,1H3. The summed E-state index contributed by atoms with van der Waals surface area (Å²) in [5, 5.41) is 8.95. The number of aliphatic hydroxyl groups excluding tert-OH is 1. The van der Waals surface area contributed by atoms with Crippen LogP contribution in [0.5, 0.6) is 0 Å². The van der Waals surface area contributed by atoms with Crippen LogP contribution < -0.4 is 0 Å². The van der Waals surface area contributed by atoms with Crippen LogP contribution in [-0.4, -0.2) is 69.7 Å². The van der Waals surface area contributed by atoms with E-state index >= 15 is 0 Å². The van der Waals surface area contributed by atoms with Crippen LogP contribution in [0.4, 0.5) is 0 Å². The number of carbonyl (C=O) groups is 1. The van der Waals surface area contributed by atoms with Crippen LogP contribution in [0, 0.1) is 0 Å². The summed E-state index contributed by atoms with van der Waals surface area (Å²) >= 11 is 0. The zero-order valence-corrected chi connectivity index (χ0v) is 12.8. The van der Waals surface area contributed by atoms with E-state index in [0.717, 1.165) is 39.0 Å². The molecule has 6 heteroatoms. The van der Waals surface area contributed by atoms with Crippen molar-refractivity contribution in [1.82, 2.24) is 19.4 Å². The third-order valence-corrected chi connectivity index (χ3v) is 4.12. The predicted molar refractivity (Wildman–Crippen MR) is 80.9 cm³/mol. The van der Waals surface area contributed by atoms with Gasteiger partial charge < -0.3 is 14.6 Å². The van der Waals surface area contributed by atoms with Gasteiger partial charge in [-0.3, -0.25) is 9.69 Å². The second-order valence-electron chi connectivity index (χ2n) is 5.60. The monoisotopic (exact) mass is 294 g/mol. The first kappa shape index (κ1) is 16.0. The predicted octanol–water partition coefficient (Wildman–Crippen LogP) is 0.751. The number of hydrogen-bond donors (Lipinski definition) is 1. The van der Waals surface area contributed by atoms with Gasteiger partial charge >= 0.3 is 0 Å². The summed E-state index contributed by atoms with van der Waals surface area (Å²) in [7, 11) is 0. The molecule has 1 aliphatic heterocycles. The fourth-order valence-electron chi connectivity index (χ4n) is 2.87. The Morgan fingerprint density at radius 1 is 1.33 bits per heavy atom. The molecule has 0 radical (unpaired) electrons. The minimum absolute atomic E-state index is 0.188. The van der Waals surface area contributed by atoms with Crippen molar-refractivity contribution in [2.24, 2.45) is 0 Å². The number of aliphatic hydroxyl groups is 1. The van der Waals surface area contributed by atoms with Crippen LogP contribution in [0.2, 0.25) is 0 Å². The molecule has 0 aromatic carbocycles. The van der Waals surface area contributed by atoms with Crippen LogP contribution in [0.1, 0.15) is 32.2 Å². The van der Waals surface area contributed by atoms with E-state index in [-0.39, 0.29) is 18.6 Å². The fraction of sp³-hybridized carbons (Fsp3) is 0.733. The van der Waals surface area contributed by atoms with Crippen LogP contribution >= 0.6 is 0 Å². The lowest BCUT2D eigenvalue weighted by Gasteiger charge is -2.35. The third-order valence-electron chi connectivity index (χ3n) is 4.12. The maximum absolute atomic E-state index is 12.5. The first-order chi connectivity index (χ1) is 10.2. The third kappa shape index (κ3) is 4.54. The molecular weight excluding hydrogens is 268 g/mol. The lowest BCUT2D eigenvalue weighted by molar-refractivity contribution is -0.133. The van der Waals surface area contributed by atoms with Gasteiger partial charge in [-0.25, -0.2) is 4.98 Å². The minimum Gasteiger partial charge on any atom is -0.395 e.